The first kappa shape index (κ1) is 31.3. The lowest BCUT2D eigenvalue weighted by atomic mass is 10.0. The van der Waals surface area contributed by atoms with Gasteiger partial charge in [0, 0.05) is 30.9 Å². The number of cyclic esters (lactones) is 1. The molecule has 2 amide bonds. The number of nitrogens with two attached hydrogens (primary N) is 2. The highest BCUT2D eigenvalue weighted by molar-refractivity contribution is 5.80. The maximum absolute atomic E-state index is 15.1. The molecule has 204 valence electrons. The predicted octanol–water partition coefficient (Wildman–Crippen LogP) is 3.13. The number of benzene rings is 1. The smallest absolute Gasteiger partial charge is 0.414 e. The largest absolute Gasteiger partial charge is 0.442 e. The van der Waals surface area contributed by atoms with Crippen molar-refractivity contribution in [2.45, 2.75) is 40.2 Å². The minimum absolute atomic E-state index is 0.0112. The molecule has 1 heterocycles. The van der Waals surface area contributed by atoms with Gasteiger partial charge in [0.1, 0.15) is 17.8 Å². The number of hydrazine groups is 1. The highest BCUT2D eigenvalue weighted by Crippen LogP contribution is 2.30. The maximum atomic E-state index is 15.1. The van der Waals surface area contributed by atoms with Gasteiger partial charge in [0.25, 0.3) is 0 Å². The predicted molar refractivity (Wildman–Crippen MR) is 142 cm³/mol. The van der Waals surface area contributed by atoms with Crippen LogP contribution < -0.4 is 27.6 Å². The second-order valence-electron chi connectivity index (χ2n) is 7.91. The highest BCUT2D eigenvalue weighted by Gasteiger charge is 2.32. The highest BCUT2D eigenvalue weighted by atomic mass is 19.1. The van der Waals surface area contributed by atoms with Crippen LogP contribution in [0.15, 0.2) is 66.2 Å². The number of ether oxygens (including phenoxy) is 1. The number of carbonyl (C=O) groups is 2. The molecule has 0 saturated carbocycles. The van der Waals surface area contributed by atoms with Crippen LogP contribution in [0.2, 0.25) is 0 Å². The molecule has 37 heavy (non-hydrogen) atoms. The summed E-state index contributed by atoms with van der Waals surface area (Å²) in [5.74, 6) is 3.46. The van der Waals surface area contributed by atoms with Crippen molar-refractivity contribution in [1.82, 2.24) is 21.0 Å². The zero-order chi connectivity index (χ0) is 28.0. The molecule has 7 N–H and O–H groups in total. The fourth-order valence-electron chi connectivity index (χ4n) is 3.37. The van der Waals surface area contributed by atoms with Gasteiger partial charge in [-0.3, -0.25) is 15.5 Å². The van der Waals surface area contributed by atoms with Crippen molar-refractivity contribution in [1.29, 1.82) is 0 Å². The number of rotatable bonds is 12. The Balaban J connectivity index is 0.00000334. The van der Waals surface area contributed by atoms with Gasteiger partial charge in [0.15, 0.2) is 0 Å². The van der Waals surface area contributed by atoms with E-state index in [1.54, 1.807) is 24.3 Å². The Morgan fingerprint density at radius 2 is 1.89 bits per heavy atom. The van der Waals surface area contributed by atoms with Crippen LogP contribution in [0.4, 0.5) is 13.6 Å². The summed E-state index contributed by atoms with van der Waals surface area (Å²) in [6.45, 7) is 11.6. The molecule has 0 bridgehead atoms. The van der Waals surface area contributed by atoms with Gasteiger partial charge in [-0.15, -0.1) is 0 Å². The first-order valence-corrected chi connectivity index (χ1v) is 12.0. The Morgan fingerprint density at radius 1 is 1.24 bits per heavy atom. The van der Waals surface area contributed by atoms with Crippen LogP contribution in [0.5, 0.6) is 0 Å². The molecule has 0 spiro atoms. The molecule has 1 atom stereocenters. The average molecular weight is 521 g/mol. The van der Waals surface area contributed by atoms with E-state index in [0.717, 1.165) is 23.5 Å². The van der Waals surface area contributed by atoms with Crippen molar-refractivity contribution >= 4 is 17.6 Å². The van der Waals surface area contributed by atoms with Crippen LogP contribution in [-0.4, -0.2) is 49.2 Å². The summed E-state index contributed by atoms with van der Waals surface area (Å²) < 4.78 is 34.6. The van der Waals surface area contributed by atoms with Crippen molar-refractivity contribution in [2.24, 2.45) is 11.6 Å². The Bertz CT molecular complexity index is 1020. The van der Waals surface area contributed by atoms with E-state index < -0.39 is 23.9 Å². The number of hydrogen-bond donors (Lipinski definition) is 5. The average Bonchev–Trinajstić information content (AvgIpc) is 3.25. The van der Waals surface area contributed by atoms with E-state index in [2.05, 4.69) is 22.6 Å². The summed E-state index contributed by atoms with van der Waals surface area (Å²) in [6.07, 6.45) is 1.74. The van der Waals surface area contributed by atoms with Gasteiger partial charge in [-0.2, -0.15) is 0 Å². The molecule has 0 aliphatic carbocycles. The van der Waals surface area contributed by atoms with E-state index >= 15 is 4.39 Å². The molecule has 0 radical (unpaired) electrons. The van der Waals surface area contributed by atoms with Crippen LogP contribution in [0.25, 0.3) is 5.57 Å². The van der Waals surface area contributed by atoms with Crippen LogP contribution in [0.3, 0.4) is 0 Å². The lowest BCUT2D eigenvalue weighted by Crippen LogP contribution is -2.32. The topological polar surface area (TPSA) is 135 Å². The zero-order valence-corrected chi connectivity index (χ0v) is 21.9. The fourth-order valence-corrected chi connectivity index (χ4v) is 3.37. The Morgan fingerprint density at radius 3 is 2.43 bits per heavy atom. The van der Waals surface area contributed by atoms with Gasteiger partial charge < -0.3 is 26.5 Å². The molecular formula is C26H38F2N6O3. The Labute approximate surface area is 217 Å². The van der Waals surface area contributed by atoms with Crippen LogP contribution >= 0.6 is 0 Å². The number of nitrogens with zero attached hydrogens (tertiary/aromatic N) is 1. The van der Waals surface area contributed by atoms with E-state index in [-0.39, 0.29) is 30.3 Å². The van der Waals surface area contributed by atoms with E-state index in [1.807, 2.05) is 13.8 Å². The monoisotopic (exact) mass is 520 g/mol. The van der Waals surface area contributed by atoms with Crippen molar-refractivity contribution in [3.63, 3.8) is 0 Å². The van der Waals surface area contributed by atoms with Crippen molar-refractivity contribution in [2.75, 3.05) is 26.2 Å². The van der Waals surface area contributed by atoms with Gasteiger partial charge >= 0.3 is 6.09 Å². The third kappa shape index (κ3) is 10.1. The van der Waals surface area contributed by atoms with E-state index in [9.17, 15) is 14.0 Å². The lowest BCUT2D eigenvalue weighted by molar-refractivity contribution is -0.119. The summed E-state index contributed by atoms with van der Waals surface area (Å²) in [7, 11) is 0. The summed E-state index contributed by atoms with van der Waals surface area (Å²) >= 11 is 0. The molecular weight excluding hydrogens is 482 g/mol. The third-order valence-corrected chi connectivity index (χ3v) is 5.21. The van der Waals surface area contributed by atoms with Gasteiger partial charge in [-0.25, -0.2) is 13.6 Å². The minimum atomic E-state index is -0.877. The number of hydrogen-bond acceptors (Lipinski definition) is 7. The van der Waals surface area contributed by atoms with Crippen molar-refractivity contribution in [3.8, 4) is 0 Å². The first-order chi connectivity index (χ1) is 17.7. The summed E-state index contributed by atoms with van der Waals surface area (Å²) in [5.41, 5.74) is 9.64. The van der Waals surface area contributed by atoms with Gasteiger partial charge in [0.2, 0.25) is 5.91 Å². The molecule has 1 saturated heterocycles. The number of allylic oxidation sites excluding steroid dienone is 4. The second-order valence-corrected chi connectivity index (χ2v) is 7.91. The molecule has 0 aromatic heterocycles. The maximum Gasteiger partial charge on any atom is 0.414 e. The third-order valence-electron chi connectivity index (χ3n) is 5.21. The molecule has 1 aliphatic heterocycles. The molecule has 1 aliphatic rings. The summed E-state index contributed by atoms with van der Waals surface area (Å²) in [5, 5.41) is 5.73. The number of halogens is 2. The summed E-state index contributed by atoms with van der Waals surface area (Å²) in [4.78, 5) is 24.3. The SMILES string of the molecule is C=C(/C=C(F)\C(=C(/C)F)c1ccc(CCNC/C(=C/N)NN)cc1)N1CC(CNC(C)=O)OC1=O.CC. The quantitative estimate of drug-likeness (QED) is 0.124. The van der Waals surface area contributed by atoms with Crippen LogP contribution in [0.1, 0.15) is 38.8 Å². The Hall–Kier alpha value is -3.70. The van der Waals surface area contributed by atoms with Crippen LogP contribution in [-0.2, 0) is 16.0 Å². The molecule has 9 nitrogen and oxygen atoms in total. The summed E-state index contributed by atoms with van der Waals surface area (Å²) in [6, 6.07) is 6.83. The van der Waals surface area contributed by atoms with Gasteiger partial charge in [0.05, 0.1) is 18.8 Å². The van der Waals surface area contributed by atoms with E-state index in [0.29, 0.717) is 30.8 Å². The number of nitrogens with one attached hydrogen (secondary N) is 3. The molecule has 1 aromatic rings. The number of amides is 2. The first-order valence-electron chi connectivity index (χ1n) is 12.0. The van der Waals surface area contributed by atoms with E-state index in [1.165, 1.54) is 13.1 Å². The second kappa shape index (κ2) is 16.1. The molecule has 1 aromatic carbocycles. The molecule has 1 fully saturated rings. The number of carbonyl (C=O) groups excluding carboxylic acids is 2. The van der Waals surface area contributed by atoms with Crippen molar-refractivity contribution in [3.05, 3.63) is 77.3 Å². The fraction of sp³-hybridized carbons (Fsp3) is 0.385. The van der Waals surface area contributed by atoms with Gasteiger partial charge in [-0.05, 0) is 37.1 Å². The van der Waals surface area contributed by atoms with Gasteiger partial charge in [-0.1, -0.05) is 44.7 Å². The molecule has 1 unspecified atom stereocenters. The molecule has 11 heteroatoms. The van der Waals surface area contributed by atoms with Crippen molar-refractivity contribution < 1.29 is 23.1 Å². The molecule has 2 rings (SSSR count). The standard InChI is InChI=1S/C24H32F2N6O3.C2H6/c1-15(32-14-21(35-24(32)34)13-30-17(3)33)10-22(26)23(16(2)25)19-6-4-18(5-7-19)8-9-29-12-20(11-27)31-28;1-2/h4-7,10-11,21,29,31H,1,8-9,12-14,27-28H2,2-3H3,(H,30,33);1-2H3/b20-11-,22-10+,23-16+;. The van der Waals surface area contributed by atoms with Crippen LogP contribution in [0, 0.1) is 0 Å². The Kier molecular flexibility index (Phi) is 13.7. The normalized spacial score (nSPS) is 16.4. The lowest BCUT2D eigenvalue weighted by Gasteiger charge is -2.14. The zero-order valence-electron chi connectivity index (χ0n) is 21.9. The van der Waals surface area contributed by atoms with E-state index in [4.69, 9.17) is 16.3 Å². The minimum Gasteiger partial charge on any atom is -0.442 e.